The maximum absolute atomic E-state index is 13.9. The molecule has 0 saturated heterocycles. The first kappa shape index (κ1) is 17.1. The molecule has 0 fully saturated rings. The Balaban J connectivity index is 2.74. The molecule has 1 rings (SSSR count). The van der Waals surface area contributed by atoms with E-state index in [1.54, 1.807) is 17.0 Å². The summed E-state index contributed by atoms with van der Waals surface area (Å²) in [6, 6.07) is 6.20. The van der Waals surface area contributed by atoms with Crippen molar-refractivity contribution in [1.82, 2.24) is 10.2 Å². The van der Waals surface area contributed by atoms with Crippen molar-refractivity contribution < 1.29 is 9.18 Å². The number of carbonyl (C=O) groups excluding carboxylic acids is 1. The topological polar surface area (TPSA) is 56.1 Å². The maximum atomic E-state index is 13.9. The predicted octanol–water partition coefficient (Wildman–Crippen LogP) is 2.43. The second kappa shape index (κ2) is 7.19. The molecule has 0 saturated carbocycles. The summed E-state index contributed by atoms with van der Waals surface area (Å²) >= 11 is 0. The second-order valence-electron chi connectivity index (χ2n) is 5.93. The zero-order valence-corrected chi connectivity index (χ0v) is 13.0. The van der Waals surface area contributed by atoms with E-state index >= 15 is 0 Å². The fourth-order valence-corrected chi connectivity index (χ4v) is 1.78. The van der Waals surface area contributed by atoms with Crippen LogP contribution < -0.4 is 5.32 Å². The second-order valence-corrected chi connectivity index (χ2v) is 5.93. The fraction of sp³-hybridized carbons (Fsp3) is 0.500. The maximum Gasteiger partial charge on any atom is 0.236 e. The molecule has 4 nitrogen and oxygen atoms in total. The smallest absolute Gasteiger partial charge is 0.236 e. The Morgan fingerprint density at radius 2 is 2.10 bits per heavy atom. The Labute approximate surface area is 125 Å². The van der Waals surface area contributed by atoms with Gasteiger partial charge in [0.1, 0.15) is 5.82 Å². The van der Waals surface area contributed by atoms with Crippen LogP contribution in [0.5, 0.6) is 0 Å². The lowest BCUT2D eigenvalue weighted by atomic mass is 10.1. The van der Waals surface area contributed by atoms with Crippen molar-refractivity contribution in [2.45, 2.75) is 39.8 Å². The van der Waals surface area contributed by atoms with Gasteiger partial charge in [-0.1, -0.05) is 6.07 Å². The molecular formula is C16H22FN3O. The quantitative estimate of drug-likeness (QED) is 0.906. The van der Waals surface area contributed by atoms with Crippen LogP contribution in [0.1, 0.15) is 38.8 Å². The Kier molecular flexibility index (Phi) is 5.86. The first-order chi connectivity index (χ1) is 9.76. The first-order valence-electron chi connectivity index (χ1n) is 6.98. The average Bonchev–Trinajstić information content (AvgIpc) is 2.42. The van der Waals surface area contributed by atoms with Crippen molar-refractivity contribution in [2.75, 3.05) is 13.1 Å². The van der Waals surface area contributed by atoms with Gasteiger partial charge < -0.3 is 10.2 Å². The third-order valence-electron chi connectivity index (χ3n) is 3.05. The molecule has 0 spiro atoms. The number of benzene rings is 1. The number of nitrogens with zero attached hydrogens (tertiary/aromatic N) is 2. The molecule has 0 aliphatic rings. The highest BCUT2D eigenvalue weighted by Gasteiger charge is 2.17. The Hall–Kier alpha value is -1.93. The van der Waals surface area contributed by atoms with E-state index in [1.165, 1.54) is 6.07 Å². The van der Waals surface area contributed by atoms with E-state index in [0.717, 1.165) is 0 Å². The third kappa shape index (κ3) is 5.52. The van der Waals surface area contributed by atoms with Crippen molar-refractivity contribution in [3.63, 3.8) is 0 Å². The summed E-state index contributed by atoms with van der Waals surface area (Å²) in [6.07, 6.45) is 0. The monoisotopic (exact) mass is 291 g/mol. The van der Waals surface area contributed by atoms with Crippen LogP contribution in [0.2, 0.25) is 0 Å². The normalized spacial score (nSPS) is 11.0. The van der Waals surface area contributed by atoms with Gasteiger partial charge >= 0.3 is 0 Å². The van der Waals surface area contributed by atoms with Gasteiger partial charge in [0.2, 0.25) is 5.91 Å². The summed E-state index contributed by atoms with van der Waals surface area (Å²) in [4.78, 5) is 13.7. The summed E-state index contributed by atoms with van der Waals surface area (Å²) in [6.45, 7) is 8.74. The zero-order chi connectivity index (χ0) is 16.0. The molecule has 0 aromatic heterocycles. The summed E-state index contributed by atoms with van der Waals surface area (Å²) in [5.41, 5.74) is 0.550. The number of nitrogens with one attached hydrogen (secondary N) is 1. The van der Waals surface area contributed by atoms with Crippen molar-refractivity contribution in [2.24, 2.45) is 0 Å². The molecule has 0 atom stereocenters. The first-order valence-corrected chi connectivity index (χ1v) is 6.98. The van der Waals surface area contributed by atoms with E-state index in [9.17, 15) is 9.18 Å². The largest absolute Gasteiger partial charge is 0.337 e. The third-order valence-corrected chi connectivity index (χ3v) is 3.05. The fourth-order valence-electron chi connectivity index (χ4n) is 1.78. The van der Waals surface area contributed by atoms with Crippen LogP contribution >= 0.6 is 0 Å². The lowest BCUT2D eigenvalue weighted by molar-refractivity contribution is -0.131. The van der Waals surface area contributed by atoms with Gasteiger partial charge in [0.25, 0.3) is 0 Å². The van der Waals surface area contributed by atoms with Gasteiger partial charge in [0.05, 0.1) is 18.2 Å². The molecule has 1 amide bonds. The van der Waals surface area contributed by atoms with Crippen molar-refractivity contribution in [3.8, 4) is 6.07 Å². The predicted molar refractivity (Wildman–Crippen MR) is 80.0 cm³/mol. The molecule has 0 radical (unpaired) electrons. The standard InChI is InChI=1S/C16H22FN3O/c1-5-20(15(21)10-19-16(2,3)4)11-13-7-6-12(9-18)8-14(13)17/h6-8,19H,5,10-11H2,1-4H3. The van der Waals surface area contributed by atoms with Crippen molar-refractivity contribution in [1.29, 1.82) is 5.26 Å². The van der Waals surface area contributed by atoms with E-state index in [0.29, 0.717) is 12.1 Å². The Morgan fingerprint density at radius 3 is 2.57 bits per heavy atom. The number of hydrogen-bond acceptors (Lipinski definition) is 3. The van der Waals surface area contributed by atoms with Crippen LogP contribution in [-0.4, -0.2) is 29.4 Å². The lowest BCUT2D eigenvalue weighted by Gasteiger charge is -2.25. The molecule has 0 aliphatic carbocycles. The molecule has 5 heteroatoms. The molecule has 114 valence electrons. The van der Waals surface area contributed by atoms with Gasteiger partial charge in [-0.3, -0.25) is 4.79 Å². The van der Waals surface area contributed by atoms with Crippen LogP contribution in [0.25, 0.3) is 0 Å². The molecule has 21 heavy (non-hydrogen) atoms. The SMILES string of the molecule is CCN(Cc1ccc(C#N)cc1F)C(=O)CNC(C)(C)C. The molecule has 0 unspecified atom stereocenters. The molecule has 0 aliphatic heterocycles. The van der Waals surface area contributed by atoms with Gasteiger partial charge in [-0.15, -0.1) is 0 Å². The number of likely N-dealkylation sites (N-methyl/N-ethyl adjacent to an activating group) is 1. The van der Waals surface area contributed by atoms with E-state index in [2.05, 4.69) is 5.32 Å². The summed E-state index contributed by atoms with van der Waals surface area (Å²) in [5.74, 6) is -0.528. The number of rotatable bonds is 5. The highest BCUT2D eigenvalue weighted by Crippen LogP contribution is 2.13. The number of carbonyl (C=O) groups is 1. The molecule has 1 N–H and O–H groups in total. The van der Waals surface area contributed by atoms with Crippen LogP contribution in [0.4, 0.5) is 4.39 Å². The summed E-state index contributed by atoms with van der Waals surface area (Å²) < 4.78 is 13.9. The van der Waals surface area contributed by atoms with E-state index in [1.807, 2.05) is 33.8 Å². The van der Waals surface area contributed by atoms with Crippen LogP contribution in [0.3, 0.4) is 0 Å². The van der Waals surface area contributed by atoms with Crippen molar-refractivity contribution >= 4 is 5.91 Å². The molecule has 0 heterocycles. The molecular weight excluding hydrogens is 269 g/mol. The highest BCUT2D eigenvalue weighted by molar-refractivity contribution is 5.78. The molecule has 1 aromatic carbocycles. The minimum Gasteiger partial charge on any atom is -0.337 e. The van der Waals surface area contributed by atoms with Gasteiger partial charge in [-0.25, -0.2) is 4.39 Å². The minimum atomic E-state index is -0.455. The van der Waals surface area contributed by atoms with Gasteiger partial charge in [-0.05, 0) is 39.8 Å². The van der Waals surface area contributed by atoms with E-state index < -0.39 is 5.82 Å². The zero-order valence-electron chi connectivity index (χ0n) is 13.0. The van der Waals surface area contributed by atoms with E-state index in [4.69, 9.17) is 5.26 Å². The van der Waals surface area contributed by atoms with Crippen molar-refractivity contribution in [3.05, 3.63) is 35.1 Å². The number of halogens is 1. The van der Waals surface area contributed by atoms with Crippen LogP contribution in [0, 0.1) is 17.1 Å². The summed E-state index contributed by atoms with van der Waals surface area (Å²) in [7, 11) is 0. The molecule has 1 aromatic rings. The van der Waals surface area contributed by atoms with Gasteiger partial charge in [0.15, 0.2) is 0 Å². The lowest BCUT2D eigenvalue weighted by Crippen LogP contribution is -2.44. The Bertz CT molecular complexity index is 543. The number of hydrogen-bond donors (Lipinski definition) is 1. The Morgan fingerprint density at radius 1 is 1.43 bits per heavy atom. The highest BCUT2D eigenvalue weighted by atomic mass is 19.1. The number of amides is 1. The summed E-state index contributed by atoms with van der Waals surface area (Å²) in [5, 5.41) is 11.9. The average molecular weight is 291 g/mol. The minimum absolute atomic E-state index is 0.0730. The van der Waals surface area contributed by atoms with Crippen LogP contribution in [0.15, 0.2) is 18.2 Å². The van der Waals surface area contributed by atoms with Crippen LogP contribution in [-0.2, 0) is 11.3 Å². The van der Waals surface area contributed by atoms with Gasteiger partial charge in [-0.2, -0.15) is 5.26 Å². The van der Waals surface area contributed by atoms with Gasteiger partial charge in [0, 0.05) is 24.2 Å². The number of nitriles is 1. The van der Waals surface area contributed by atoms with E-state index in [-0.39, 0.29) is 30.1 Å². The molecule has 0 bridgehead atoms.